The topological polar surface area (TPSA) is 54.8 Å². The molecule has 0 amide bonds. The Labute approximate surface area is 165 Å². The van der Waals surface area contributed by atoms with E-state index in [1.165, 1.54) is 24.1 Å². The second kappa shape index (κ2) is 8.04. The summed E-state index contributed by atoms with van der Waals surface area (Å²) in [6, 6.07) is 9.60. The van der Waals surface area contributed by atoms with Crippen molar-refractivity contribution in [3.05, 3.63) is 64.8 Å². The van der Waals surface area contributed by atoms with Crippen LogP contribution in [0, 0.1) is 0 Å². The maximum absolute atomic E-state index is 13.0. The SMILES string of the molecule is COc1ccc(C2=CSCN2N=S(C)(=O)Cc2ccc(C(F)(F)F)nc2)cc1. The lowest BCUT2D eigenvalue weighted by atomic mass is 10.1. The molecule has 1 aliphatic heterocycles. The molecule has 1 unspecified atom stereocenters. The van der Waals surface area contributed by atoms with Crippen LogP contribution in [-0.2, 0) is 21.7 Å². The van der Waals surface area contributed by atoms with Crippen molar-refractivity contribution in [3.63, 3.8) is 0 Å². The molecule has 1 aromatic carbocycles. The minimum atomic E-state index is -4.50. The van der Waals surface area contributed by atoms with Crippen LogP contribution in [0.25, 0.3) is 5.70 Å². The second-order valence-electron chi connectivity index (χ2n) is 6.16. The third-order valence-electron chi connectivity index (χ3n) is 3.88. The smallest absolute Gasteiger partial charge is 0.433 e. The van der Waals surface area contributed by atoms with Gasteiger partial charge in [0.15, 0.2) is 0 Å². The quantitative estimate of drug-likeness (QED) is 0.694. The molecular formula is C18H18F3N3O2S2. The van der Waals surface area contributed by atoms with E-state index in [9.17, 15) is 17.4 Å². The summed E-state index contributed by atoms with van der Waals surface area (Å²) in [4.78, 5) is 3.41. The first-order chi connectivity index (χ1) is 13.2. The summed E-state index contributed by atoms with van der Waals surface area (Å²) >= 11 is 1.52. The molecule has 0 saturated carbocycles. The van der Waals surface area contributed by atoms with Gasteiger partial charge in [0, 0.05) is 18.0 Å². The van der Waals surface area contributed by atoms with E-state index in [2.05, 4.69) is 9.46 Å². The molecule has 2 aromatic rings. The molecule has 0 saturated heterocycles. The number of hydrogen-bond donors (Lipinski definition) is 0. The van der Waals surface area contributed by atoms with Crippen molar-refractivity contribution in [1.82, 2.24) is 9.99 Å². The Morgan fingerprint density at radius 1 is 1.25 bits per heavy atom. The predicted molar refractivity (Wildman–Crippen MR) is 105 cm³/mol. The number of rotatable bonds is 5. The molecule has 2 heterocycles. The first-order valence-electron chi connectivity index (χ1n) is 8.13. The number of alkyl halides is 3. The maximum Gasteiger partial charge on any atom is 0.433 e. The number of halogens is 3. The molecular weight excluding hydrogens is 411 g/mol. The van der Waals surface area contributed by atoms with Crippen LogP contribution < -0.4 is 4.74 Å². The van der Waals surface area contributed by atoms with E-state index in [0.29, 0.717) is 11.4 Å². The van der Waals surface area contributed by atoms with E-state index < -0.39 is 21.6 Å². The van der Waals surface area contributed by atoms with Crippen LogP contribution in [0.3, 0.4) is 0 Å². The monoisotopic (exact) mass is 429 g/mol. The Kier molecular flexibility index (Phi) is 5.90. The Morgan fingerprint density at radius 3 is 2.54 bits per heavy atom. The van der Waals surface area contributed by atoms with Crippen molar-refractivity contribution < 1.29 is 22.1 Å². The van der Waals surface area contributed by atoms with E-state index in [1.807, 2.05) is 29.7 Å². The normalized spacial score (nSPS) is 16.5. The first-order valence-corrected chi connectivity index (χ1v) is 11.3. The third kappa shape index (κ3) is 4.99. The van der Waals surface area contributed by atoms with Crippen molar-refractivity contribution in [1.29, 1.82) is 0 Å². The average Bonchev–Trinajstić information content (AvgIpc) is 3.08. The molecule has 28 heavy (non-hydrogen) atoms. The van der Waals surface area contributed by atoms with Gasteiger partial charge in [0.05, 0.1) is 34.2 Å². The van der Waals surface area contributed by atoms with Gasteiger partial charge >= 0.3 is 6.18 Å². The van der Waals surface area contributed by atoms with E-state index in [1.54, 1.807) is 12.1 Å². The summed E-state index contributed by atoms with van der Waals surface area (Å²) in [6.45, 7) is 0. The van der Waals surface area contributed by atoms with Gasteiger partial charge in [-0.25, -0.2) is 9.22 Å². The summed E-state index contributed by atoms with van der Waals surface area (Å²) in [5, 5.41) is 3.59. The Hall–Kier alpha value is -2.20. The highest BCUT2D eigenvalue weighted by molar-refractivity contribution is 8.02. The standard InChI is InChI=1S/C18H18F3N3O2S2/c1-26-15-6-4-14(5-7-15)16-10-27-12-24(16)23-28(2,25)11-13-3-8-17(22-9-13)18(19,20)21/h3-10H,11-12H2,1-2H3. The highest BCUT2D eigenvalue weighted by Gasteiger charge is 2.32. The minimum Gasteiger partial charge on any atom is -0.497 e. The zero-order valence-electron chi connectivity index (χ0n) is 15.1. The summed E-state index contributed by atoms with van der Waals surface area (Å²) in [7, 11) is -1.13. The Bertz CT molecular complexity index is 981. The number of methoxy groups -OCH3 is 1. The second-order valence-corrected chi connectivity index (χ2v) is 9.36. The van der Waals surface area contributed by atoms with Gasteiger partial charge in [-0.05, 0) is 41.3 Å². The third-order valence-corrected chi connectivity index (χ3v) is 6.07. The summed E-state index contributed by atoms with van der Waals surface area (Å²) in [5.74, 6) is 1.25. The van der Waals surface area contributed by atoms with Gasteiger partial charge in [0.2, 0.25) is 0 Å². The van der Waals surface area contributed by atoms with E-state index in [4.69, 9.17) is 4.74 Å². The largest absolute Gasteiger partial charge is 0.497 e. The lowest BCUT2D eigenvalue weighted by molar-refractivity contribution is -0.141. The molecule has 0 spiro atoms. The number of benzene rings is 1. The maximum atomic E-state index is 13.0. The Morgan fingerprint density at radius 2 is 1.96 bits per heavy atom. The molecule has 0 aliphatic carbocycles. The molecule has 150 valence electrons. The molecule has 3 rings (SSSR count). The van der Waals surface area contributed by atoms with Gasteiger partial charge in [-0.15, -0.1) is 16.2 Å². The van der Waals surface area contributed by atoms with Gasteiger partial charge in [-0.1, -0.05) is 6.07 Å². The molecule has 0 N–H and O–H groups in total. The molecule has 5 nitrogen and oxygen atoms in total. The van der Waals surface area contributed by atoms with Gasteiger partial charge in [0.1, 0.15) is 11.4 Å². The van der Waals surface area contributed by atoms with E-state index in [-0.39, 0.29) is 5.75 Å². The zero-order chi connectivity index (χ0) is 20.4. The van der Waals surface area contributed by atoms with Gasteiger partial charge in [-0.2, -0.15) is 13.2 Å². The number of ether oxygens (including phenoxy) is 1. The van der Waals surface area contributed by atoms with Crippen molar-refractivity contribution in [2.75, 3.05) is 19.2 Å². The van der Waals surface area contributed by atoms with Crippen molar-refractivity contribution in [3.8, 4) is 5.75 Å². The van der Waals surface area contributed by atoms with Crippen LogP contribution in [0.1, 0.15) is 16.8 Å². The minimum absolute atomic E-state index is 0.00912. The summed E-state index contributed by atoms with van der Waals surface area (Å²) in [5.41, 5.74) is 1.18. The highest BCUT2D eigenvalue weighted by atomic mass is 32.2. The summed E-state index contributed by atoms with van der Waals surface area (Å²) < 4.78 is 60.3. The predicted octanol–water partition coefficient (Wildman–Crippen LogP) is 4.63. The van der Waals surface area contributed by atoms with Crippen LogP contribution in [0.5, 0.6) is 5.75 Å². The summed E-state index contributed by atoms with van der Waals surface area (Å²) in [6.07, 6.45) is -1.92. The van der Waals surface area contributed by atoms with Gasteiger partial charge < -0.3 is 4.74 Å². The van der Waals surface area contributed by atoms with Crippen LogP contribution >= 0.6 is 11.8 Å². The Balaban J connectivity index is 1.78. The molecule has 0 bridgehead atoms. The number of nitrogens with zero attached hydrogens (tertiary/aromatic N) is 3. The fraction of sp³-hybridized carbons (Fsp3) is 0.278. The fourth-order valence-electron chi connectivity index (χ4n) is 2.59. The van der Waals surface area contributed by atoms with Gasteiger partial charge in [-0.3, -0.25) is 4.98 Å². The molecule has 1 aliphatic rings. The van der Waals surface area contributed by atoms with Crippen LogP contribution in [0.2, 0.25) is 0 Å². The molecule has 0 fully saturated rings. The lowest BCUT2D eigenvalue weighted by Crippen LogP contribution is -2.15. The molecule has 10 heteroatoms. The number of pyridine rings is 1. The fourth-order valence-corrected chi connectivity index (χ4v) is 4.90. The van der Waals surface area contributed by atoms with Gasteiger partial charge in [0.25, 0.3) is 0 Å². The molecule has 1 aromatic heterocycles. The lowest BCUT2D eigenvalue weighted by Gasteiger charge is -2.18. The molecule has 0 radical (unpaired) electrons. The van der Waals surface area contributed by atoms with Crippen molar-refractivity contribution in [2.24, 2.45) is 4.47 Å². The number of hydrogen-bond acceptors (Lipinski definition) is 5. The van der Waals surface area contributed by atoms with E-state index >= 15 is 0 Å². The van der Waals surface area contributed by atoms with Crippen LogP contribution in [0.15, 0.2) is 52.5 Å². The zero-order valence-corrected chi connectivity index (χ0v) is 16.8. The van der Waals surface area contributed by atoms with E-state index in [0.717, 1.165) is 29.3 Å². The average molecular weight is 429 g/mol. The molecule has 1 atom stereocenters. The van der Waals surface area contributed by atoms with Crippen molar-refractivity contribution in [2.45, 2.75) is 11.9 Å². The van der Waals surface area contributed by atoms with Crippen LogP contribution in [0.4, 0.5) is 13.2 Å². The number of aromatic nitrogens is 1. The number of thioether (sulfide) groups is 1. The highest BCUT2D eigenvalue weighted by Crippen LogP contribution is 2.33. The van der Waals surface area contributed by atoms with Crippen molar-refractivity contribution >= 4 is 27.2 Å². The first kappa shape index (κ1) is 20.5. The van der Waals surface area contributed by atoms with Crippen LogP contribution in [-0.4, -0.2) is 33.4 Å².